The van der Waals surface area contributed by atoms with Gasteiger partial charge in [-0.3, -0.25) is 4.79 Å². The van der Waals surface area contributed by atoms with Crippen molar-refractivity contribution in [2.45, 2.75) is 18.1 Å². The molecule has 0 amide bonds. The van der Waals surface area contributed by atoms with Crippen LogP contribution in [0.25, 0.3) is 0 Å². The van der Waals surface area contributed by atoms with E-state index >= 15 is 0 Å². The van der Waals surface area contributed by atoms with Gasteiger partial charge in [0.2, 0.25) is 10.0 Å². The molecule has 0 aliphatic heterocycles. The topological polar surface area (TPSA) is 54.5 Å². The maximum atomic E-state index is 11.2. The van der Waals surface area contributed by atoms with Crippen molar-refractivity contribution in [3.63, 3.8) is 0 Å². The molecule has 5 heteroatoms. The molecule has 1 fully saturated rings. The van der Waals surface area contributed by atoms with Gasteiger partial charge in [-0.2, -0.15) is 0 Å². The van der Waals surface area contributed by atoms with E-state index in [1.807, 2.05) is 0 Å². The average Bonchev–Trinajstić information content (AvgIpc) is 1.83. The fraction of sp³-hybridized carbons (Fsp3) is 0.833. The third kappa shape index (κ3) is 1.30. The predicted octanol–water partition coefficient (Wildman–Crippen LogP) is -0.391. The van der Waals surface area contributed by atoms with Crippen LogP contribution in [0.4, 0.5) is 0 Å². The molecule has 11 heavy (non-hydrogen) atoms. The van der Waals surface area contributed by atoms with Gasteiger partial charge in [-0.05, 0) is 6.42 Å². The lowest BCUT2D eigenvalue weighted by Gasteiger charge is -2.26. The van der Waals surface area contributed by atoms with E-state index in [4.69, 9.17) is 0 Å². The predicted molar refractivity (Wildman–Crippen MR) is 40.6 cm³/mol. The van der Waals surface area contributed by atoms with Crippen LogP contribution < -0.4 is 0 Å². The van der Waals surface area contributed by atoms with Crippen molar-refractivity contribution in [3.05, 3.63) is 0 Å². The molecule has 0 aromatic heterocycles. The van der Waals surface area contributed by atoms with Gasteiger partial charge in [0.1, 0.15) is 5.25 Å². The Balaban J connectivity index is 2.82. The second kappa shape index (κ2) is 2.57. The molecule has 1 rings (SSSR count). The fourth-order valence-corrected chi connectivity index (χ4v) is 2.32. The number of ketones is 1. The molecule has 1 unspecified atom stereocenters. The SMILES string of the molecule is CN(C)S(=O)(=O)C1CCC1=O. The molecular weight excluding hydrogens is 166 g/mol. The van der Waals surface area contributed by atoms with Crippen LogP contribution >= 0.6 is 0 Å². The summed E-state index contributed by atoms with van der Waals surface area (Å²) in [6.45, 7) is 0. The van der Waals surface area contributed by atoms with E-state index in [0.29, 0.717) is 12.8 Å². The van der Waals surface area contributed by atoms with Crippen molar-refractivity contribution in [2.24, 2.45) is 0 Å². The summed E-state index contributed by atoms with van der Waals surface area (Å²) in [5.74, 6) is -0.154. The maximum absolute atomic E-state index is 11.2. The fourth-order valence-electron chi connectivity index (χ4n) is 0.950. The van der Waals surface area contributed by atoms with Crippen molar-refractivity contribution in [3.8, 4) is 0 Å². The highest BCUT2D eigenvalue weighted by atomic mass is 32.2. The first kappa shape index (κ1) is 8.67. The number of carbonyl (C=O) groups excluding carboxylic acids is 1. The standard InChI is InChI=1S/C6H11NO3S/c1-7(2)11(9,10)6-4-3-5(6)8/h6H,3-4H2,1-2H3. The molecule has 1 aliphatic carbocycles. The number of carbonyl (C=O) groups is 1. The van der Waals surface area contributed by atoms with E-state index in [0.717, 1.165) is 4.31 Å². The molecule has 0 aromatic carbocycles. The van der Waals surface area contributed by atoms with E-state index in [1.54, 1.807) is 0 Å². The summed E-state index contributed by atoms with van der Waals surface area (Å²) in [5.41, 5.74) is 0. The molecule has 1 saturated carbocycles. The smallest absolute Gasteiger partial charge is 0.223 e. The van der Waals surface area contributed by atoms with E-state index in [2.05, 4.69) is 0 Å². The Bertz CT molecular complexity index is 268. The zero-order valence-corrected chi connectivity index (χ0v) is 7.39. The van der Waals surface area contributed by atoms with Gasteiger partial charge < -0.3 is 0 Å². The van der Waals surface area contributed by atoms with Crippen molar-refractivity contribution >= 4 is 15.8 Å². The van der Waals surface area contributed by atoms with Crippen LogP contribution in [0.5, 0.6) is 0 Å². The van der Waals surface area contributed by atoms with Crippen molar-refractivity contribution < 1.29 is 13.2 Å². The summed E-state index contributed by atoms with van der Waals surface area (Å²) in [7, 11) is -0.415. The van der Waals surface area contributed by atoms with Crippen LogP contribution in [0.3, 0.4) is 0 Å². The largest absolute Gasteiger partial charge is 0.298 e. The average molecular weight is 177 g/mol. The van der Waals surface area contributed by atoms with Crippen LogP contribution in [-0.4, -0.2) is 37.9 Å². The molecule has 4 nitrogen and oxygen atoms in total. The monoisotopic (exact) mass is 177 g/mol. The summed E-state index contributed by atoms with van der Waals surface area (Å²) in [6, 6.07) is 0. The lowest BCUT2D eigenvalue weighted by Crippen LogP contribution is -2.44. The quantitative estimate of drug-likeness (QED) is 0.577. The molecule has 0 saturated heterocycles. The minimum Gasteiger partial charge on any atom is -0.298 e. The van der Waals surface area contributed by atoms with Crippen LogP contribution in [0.2, 0.25) is 0 Å². The van der Waals surface area contributed by atoms with Gasteiger partial charge in [0.25, 0.3) is 0 Å². The van der Waals surface area contributed by atoms with Gasteiger partial charge in [-0.1, -0.05) is 0 Å². The summed E-state index contributed by atoms with van der Waals surface area (Å²) in [6.07, 6.45) is 0.900. The maximum Gasteiger partial charge on any atom is 0.223 e. The lowest BCUT2D eigenvalue weighted by molar-refractivity contribution is -0.123. The Morgan fingerprint density at radius 1 is 1.45 bits per heavy atom. The first-order valence-electron chi connectivity index (χ1n) is 3.40. The first-order chi connectivity index (χ1) is 4.96. The number of sulfonamides is 1. The molecule has 1 atom stereocenters. The molecule has 0 heterocycles. The number of Topliss-reactive ketones (excluding diaryl/α,β-unsaturated/α-hetero) is 1. The van der Waals surface area contributed by atoms with Crippen molar-refractivity contribution in [2.75, 3.05) is 14.1 Å². The third-order valence-corrected chi connectivity index (χ3v) is 4.12. The lowest BCUT2D eigenvalue weighted by atomic mass is 9.98. The summed E-state index contributed by atoms with van der Waals surface area (Å²) < 4.78 is 23.6. The van der Waals surface area contributed by atoms with Gasteiger partial charge in [0.15, 0.2) is 5.78 Å². The van der Waals surface area contributed by atoms with Gasteiger partial charge in [-0.25, -0.2) is 12.7 Å². The highest BCUT2D eigenvalue weighted by Gasteiger charge is 2.40. The minimum absolute atomic E-state index is 0.154. The van der Waals surface area contributed by atoms with Crippen LogP contribution in [0.1, 0.15) is 12.8 Å². The number of rotatable bonds is 2. The van der Waals surface area contributed by atoms with Crippen molar-refractivity contribution in [1.82, 2.24) is 4.31 Å². The molecule has 0 N–H and O–H groups in total. The van der Waals surface area contributed by atoms with E-state index in [1.165, 1.54) is 14.1 Å². The normalized spacial score (nSPS) is 25.4. The van der Waals surface area contributed by atoms with E-state index in [-0.39, 0.29) is 5.78 Å². The highest BCUT2D eigenvalue weighted by Crippen LogP contribution is 2.23. The summed E-state index contributed by atoms with van der Waals surface area (Å²) in [5, 5.41) is -0.752. The van der Waals surface area contributed by atoms with Crippen LogP contribution in [0, 0.1) is 0 Å². The van der Waals surface area contributed by atoms with Gasteiger partial charge in [0.05, 0.1) is 0 Å². The Kier molecular flexibility index (Phi) is 2.02. The summed E-state index contributed by atoms with van der Waals surface area (Å²) in [4.78, 5) is 10.8. The Labute approximate surface area is 66.2 Å². The van der Waals surface area contributed by atoms with Gasteiger partial charge in [0, 0.05) is 20.5 Å². The first-order valence-corrected chi connectivity index (χ1v) is 4.90. The molecule has 0 aromatic rings. The van der Waals surface area contributed by atoms with E-state index in [9.17, 15) is 13.2 Å². The van der Waals surface area contributed by atoms with Crippen LogP contribution in [-0.2, 0) is 14.8 Å². The Morgan fingerprint density at radius 3 is 2.09 bits per heavy atom. The second-order valence-corrected chi connectivity index (χ2v) is 5.15. The van der Waals surface area contributed by atoms with Gasteiger partial charge in [-0.15, -0.1) is 0 Å². The number of hydrogen-bond donors (Lipinski definition) is 0. The molecule has 0 radical (unpaired) electrons. The Morgan fingerprint density at radius 2 is 2.00 bits per heavy atom. The summed E-state index contributed by atoms with van der Waals surface area (Å²) >= 11 is 0. The minimum atomic E-state index is -3.31. The zero-order valence-electron chi connectivity index (χ0n) is 6.57. The second-order valence-electron chi connectivity index (χ2n) is 2.82. The van der Waals surface area contributed by atoms with E-state index < -0.39 is 15.3 Å². The molecule has 1 aliphatic rings. The molecular formula is C6H11NO3S. The van der Waals surface area contributed by atoms with Gasteiger partial charge >= 0.3 is 0 Å². The van der Waals surface area contributed by atoms with Crippen molar-refractivity contribution in [1.29, 1.82) is 0 Å². The Hall–Kier alpha value is -0.420. The highest BCUT2D eigenvalue weighted by molar-refractivity contribution is 7.90. The molecule has 0 spiro atoms. The van der Waals surface area contributed by atoms with Crippen LogP contribution in [0.15, 0.2) is 0 Å². The zero-order chi connectivity index (χ0) is 8.65. The number of hydrogen-bond acceptors (Lipinski definition) is 3. The number of nitrogens with zero attached hydrogens (tertiary/aromatic N) is 1. The molecule has 64 valence electrons. The third-order valence-electron chi connectivity index (χ3n) is 1.88. The molecule has 0 bridgehead atoms.